The average Bonchev–Trinajstić information content (AvgIpc) is 3.34. The molecule has 1 amide bonds. The van der Waals surface area contributed by atoms with E-state index in [4.69, 9.17) is 15.2 Å². The lowest BCUT2D eigenvalue weighted by atomic mass is 9.84. The molecule has 1 aromatic carbocycles. The summed E-state index contributed by atoms with van der Waals surface area (Å²) in [6.45, 7) is 1.26. The fraction of sp³-hybridized carbons (Fsp3) is 0.562. The van der Waals surface area contributed by atoms with Crippen molar-refractivity contribution in [1.29, 1.82) is 0 Å². The van der Waals surface area contributed by atoms with Crippen molar-refractivity contribution in [2.45, 2.75) is 36.6 Å². The second-order valence-electron chi connectivity index (χ2n) is 6.34. The zero-order valence-corrected chi connectivity index (χ0v) is 13.2. The minimum absolute atomic E-state index is 0.243. The molecule has 1 saturated heterocycles. The molecule has 1 aliphatic carbocycles. The van der Waals surface area contributed by atoms with Crippen LogP contribution in [-0.2, 0) is 21.1 Å². The van der Waals surface area contributed by atoms with Gasteiger partial charge in [-0.25, -0.2) is 9.18 Å². The van der Waals surface area contributed by atoms with Crippen molar-refractivity contribution in [2.24, 2.45) is 5.73 Å². The first kappa shape index (κ1) is 17.9. The lowest BCUT2D eigenvalue weighted by molar-refractivity contribution is -0.140. The number of halogens is 4. The number of morpholine rings is 1. The van der Waals surface area contributed by atoms with E-state index < -0.39 is 41.2 Å². The van der Waals surface area contributed by atoms with Crippen molar-refractivity contribution < 1.29 is 31.8 Å². The molecule has 1 aliphatic heterocycles. The van der Waals surface area contributed by atoms with Crippen LogP contribution in [0.3, 0.4) is 0 Å². The Bertz CT molecular complexity index is 655. The fourth-order valence-corrected chi connectivity index (χ4v) is 3.41. The van der Waals surface area contributed by atoms with Gasteiger partial charge in [-0.3, -0.25) is 0 Å². The third-order valence-corrected chi connectivity index (χ3v) is 4.74. The summed E-state index contributed by atoms with van der Waals surface area (Å²) >= 11 is 0. The molecule has 0 unspecified atom stereocenters. The number of hydrogen-bond acceptors (Lipinski definition) is 4. The molecule has 9 heteroatoms. The fourth-order valence-electron chi connectivity index (χ4n) is 3.41. The Morgan fingerprint density at radius 1 is 1.40 bits per heavy atom. The van der Waals surface area contributed by atoms with E-state index in [0.717, 1.165) is 12.1 Å². The monoisotopic (exact) mass is 362 g/mol. The lowest BCUT2D eigenvalue weighted by Crippen LogP contribution is -2.55. The Morgan fingerprint density at radius 3 is 2.64 bits per heavy atom. The molecule has 1 saturated carbocycles. The number of alkyl halides is 3. The van der Waals surface area contributed by atoms with E-state index in [1.165, 1.54) is 6.07 Å². The molecule has 3 rings (SSSR count). The van der Waals surface area contributed by atoms with Crippen molar-refractivity contribution >= 4 is 6.09 Å². The number of primary amides is 1. The van der Waals surface area contributed by atoms with Crippen LogP contribution < -0.4 is 11.1 Å². The van der Waals surface area contributed by atoms with Gasteiger partial charge in [0.25, 0.3) is 0 Å². The minimum Gasteiger partial charge on any atom is -0.444 e. The standard InChI is InChI=1S/C16H18F4N2O3/c17-11-2-1-9(7-10(11)16(18,19)20)15(3-4-15)13(25-14(21)23)12-8-24-6-5-22-12/h1-2,7,12-13,22H,3-6,8H2,(H2,21,23)/t12-,13+/m1/s1. The van der Waals surface area contributed by atoms with Crippen LogP contribution in [0, 0.1) is 5.82 Å². The largest absolute Gasteiger partial charge is 0.444 e. The molecule has 0 aromatic heterocycles. The normalized spacial score (nSPS) is 23.8. The van der Waals surface area contributed by atoms with Crippen LogP contribution in [0.4, 0.5) is 22.4 Å². The summed E-state index contributed by atoms with van der Waals surface area (Å²) in [6.07, 6.45) is -5.60. The highest BCUT2D eigenvalue weighted by molar-refractivity contribution is 5.65. The maximum absolute atomic E-state index is 13.6. The topological polar surface area (TPSA) is 73.6 Å². The highest BCUT2D eigenvalue weighted by Crippen LogP contribution is 2.54. The molecule has 138 valence electrons. The second-order valence-corrected chi connectivity index (χ2v) is 6.34. The highest BCUT2D eigenvalue weighted by atomic mass is 19.4. The molecular formula is C16H18F4N2O3. The van der Waals surface area contributed by atoms with E-state index in [1.807, 2.05) is 0 Å². The summed E-state index contributed by atoms with van der Waals surface area (Å²) in [6, 6.07) is 2.50. The van der Waals surface area contributed by atoms with Crippen LogP contribution in [0.2, 0.25) is 0 Å². The third-order valence-electron chi connectivity index (χ3n) is 4.74. The molecule has 2 aliphatic rings. The Hall–Kier alpha value is -1.87. The third kappa shape index (κ3) is 3.57. The van der Waals surface area contributed by atoms with Crippen LogP contribution >= 0.6 is 0 Å². The number of carbonyl (C=O) groups excluding carboxylic acids is 1. The van der Waals surface area contributed by atoms with Crippen LogP contribution in [0.5, 0.6) is 0 Å². The van der Waals surface area contributed by atoms with Gasteiger partial charge in [0.15, 0.2) is 0 Å². The van der Waals surface area contributed by atoms with Gasteiger partial charge in [0.05, 0.1) is 24.8 Å². The van der Waals surface area contributed by atoms with Gasteiger partial charge < -0.3 is 20.5 Å². The maximum Gasteiger partial charge on any atom is 0.419 e. The van der Waals surface area contributed by atoms with Crippen molar-refractivity contribution in [1.82, 2.24) is 5.32 Å². The van der Waals surface area contributed by atoms with Crippen molar-refractivity contribution in [3.8, 4) is 0 Å². The first-order valence-electron chi connectivity index (χ1n) is 7.88. The van der Waals surface area contributed by atoms with E-state index in [0.29, 0.717) is 26.0 Å². The minimum atomic E-state index is -4.80. The number of nitrogens with one attached hydrogen (secondary N) is 1. The Balaban J connectivity index is 1.97. The molecule has 5 nitrogen and oxygen atoms in total. The van der Waals surface area contributed by atoms with Gasteiger partial charge in [-0.05, 0) is 30.5 Å². The summed E-state index contributed by atoms with van der Waals surface area (Å²) in [5.74, 6) is -1.33. The summed E-state index contributed by atoms with van der Waals surface area (Å²) < 4.78 is 63.3. The van der Waals surface area contributed by atoms with Gasteiger partial charge in [-0.1, -0.05) is 6.07 Å². The van der Waals surface area contributed by atoms with Gasteiger partial charge in [0.1, 0.15) is 11.9 Å². The summed E-state index contributed by atoms with van der Waals surface area (Å²) in [4.78, 5) is 11.3. The predicted molar refractivity (Wildman–Crippen MR) is 79.4 cm³/mol. The number of nitrogens with two attached hydrogens (primary N) is 1. The zero-order valence-electron chi connectivity index (χ0n) is 13.2. The number of benzene rings is 1. The summed E-state index contributed by atoms with van der Waals surface area (Å²) in [5.41, 5.74) is 3.27. The van der Waals surface area contributed by atoms with E-state index in [-0.39, 0.29) is 12.2 Å². The zero-order chi connectivity index (χ0) is 18.2. The van der Waals surface area contributed by atoms with Crippen LogP contribution in [0.1, 0.15) is 24.0 Å². The van der Waals surface area contributed by atoms with Gasteiger partial charge in [-0.15, -0.1) is 0 Å². The Morgan fingerprint density at radius 2 is 2.12 bits per heavy atom. The average molecular weight is 362 g/mol. The SMILES string of the molecule is NC(=O)O[C@@H]([C@H]1COCCN1)C1(c2ccc(F)c(C(F)(F)F)c2)CC1. The first-order chi connectivity index (χ1) is 11.7. The summed E-state index contributed by atoms with van der Waals surface area (Å²) in [5, 5.41) is 3.14. The van der Waals surface area contributed by atoms with E-state index in [2.05, 4.69) is 5.32 Å². The van der Waals surface area contributed by atoms with Crippen molar-refractivity contribution in [2.75, 3.05) is 19.8 Å². The predicted octanol–water partition coefficient (Wildman–Crippen LogP) is 2.33. The molecule has 2 fully saturated rings. The number of amides is 1. The van der Waals surface area contributed by atoms with Crippen LogP contribution in [-0.4, -0.2) is 38.0 Å². The molecule has 1 aromatic rings. The molecule has 2 atom stereocenters. The quantitative estimate of drug-likeness (QED) is 0.807. The van der Waals surface area contributed by atoms with Crippen molar-refractivity contribution in [3.05, 3.63) is 35.1 Å². The van der Waals surface area contributed by atoms with Gasteiger partial charge >= 0.3 is 12.3 Å². The first-order valence-corrected chi connectivity index (χ1v) is 7.88. The Kier molecular flexibility index (Phi) is 4.63. The molecule has 0 radical (unpaired) electrons. The van der Waals surface area contributed by atoms with Crippen LogP contribution in [0.25, 0.3) is 0 Å². The number of rotatable bonds is 4. The number of ether oxygens (including phenoxy) is 2. The molecular weight excluding hydrogens is 344 g/mol. The van der Waals surface area contributed by atoms with Gasteiger partial charge in [0, 0.05) is 12.0 Å². The molecule has 1 heterocycles. The molecule has 0 spiro atoms. The number of carbonyl (C=O) groups is 1. The molecule has 0 bridgehead atoms. The molecule has 25 heavy (non-hydrogen) atoms. The van der Waals surface area contributed by atoms with Gasteiger partial charge in [-0.2, -0.15) is 13.2 Å². The second kappa shape index (κ2) is 6.45. The van der Waals surface area contributed by atoms with E-state index in [1.54, 1.807) is 0 Å². The Labute approximate surface area is 141 Å². The summed E-state index contributed by atoms with van der Waals surface area (Å²) in [7, 11) is 0. The van der Waals surface area contributed by atoms with Crippen LogP contribution in [0.15, 0.2) is 18.2 Å². The maximum atomic E-state index is 13.6. The van der Waals surface area contributed by atoms with E-state index >= 15 is 0 Å². The highest BCUT2D eigenvalue weighted by Gasteiger charge is 2.56. The number of hydrogen-bond donors (Lipinski definition) is 2. The van der Waals surface area contributed by atoms with Gasteiger partial charge in [0.2, 0.25) is 0 Å². The smallest absolute Gasteiger partial charge is 0.419 e. The molecule has 3 N–H and O–H groups in total. The van der Waals surface area contributed by atoms with Crippen molar-refractivity contribution in [3.63, 3.8) is 0 Å². The lowest BCUT2D eigenvalue weighted by Gasteiger charge is -2.36. The van der Waals surface area contributed by atoms with E-state index in [9.17, 15) is 22.4 Å².